The molecule has 0 radical (unpaired) electrons. The van der Waals surface area contributed by atoms with Crippen molar-refractivity contribution >= 4 is 25.5 Å². The molecule has 0 bridgehead atoms. The minimum absolute atomic E-state index is 0.00294. The van der Waals surface area contributed by atoms with E-state index in [2.05, 4.69) is 18.4 Å². The van der Waals surface area contributed by atoms with Gasteiger partial charge in [0.15, 0.2) is 6.10 Å². The zero-order chi connectivity index (χ0) is 42.0. The number of carbonyl (C=O) groups excluding carboxylic acids is 3. The van der Waals surface area contributed by atoms with Crippen molar-refractivity contribution in [3.8, 4) is 0 Å². The van der Waals surface area contributed by atoms with Crippen molar-refractivity contribution < 1.29 is 52.9 Å². The molecule has 0 aromatic heterocycles. The molecule has 0 unspecified atom stereocenters. The maximum atomic E-state index is 12.5. The molecule has 1 rings (SSSR count). The van der Waals surface area contributed by atoms with Gasteiger partial charge in [-0.15, -0.1) is 0 Å². The molecule has 0 spiro atoms. The quantitative estimate of drug-likeness (QED) is 0.0201. The van der Waals surface area contributed by atoms with E-state index in [1.54, 1.807) is 12.2 Å². The number of rotatable bonds is 39. The van der Waals surface area contributed by atoms with Gasteiger partial charge in [0, 0.05) is 25.2 Å². The van der Waals surface area contributed by atoms with Crippen LogP contribution in [-0.4, -0.2) is 69.2 Å². The molecule has 4 N–H and O–H groups in total. The molecule has 57 heavy (non-hydrogen) atoms. The molecule has 1 fully saturated rings. The Balaban J connectivity index is 2.19. The van der Waals surface area contributed by atoms with Crippen LogP contribution in [0.3, 0.4) is 0 Å². The largest absolute Gasteiger partial charge is 0.469 e. The third-order valence-electron chi connectivity index (χ3n) is 11.2. The summed E-state index contributed by atoms with van der Waals surface area (Å²) in [6.07, 6.45) is 32.7. The normalized spacial score (nSPS) is 18.4. The lowest BCUT2D eigenvalue weighted by molar-refractivity contribution is -0.161. The van der Waals surface area contributed by atoms with Crippen molar-refractivity contribution in [2.75, 3.05) is 13.2 Å². The van der Waals surface area contributed by atoms with E-state index in [4.69, 9.17) is 19.3 Å². The van der Waals surface area contributed by atoms with Crippen molar-refractivity contribution in [2.24, 2.45) is 11.8 Å². The molecule has 1 aliphatic rings. The fraction of sp³-hybridized carbons (Fsp3) is 0.889. The number of carbonyl (C=O) groups is 3. The van der Waals surface area contributed by atoms with Crippen LogP contribution in [0.25, 0.3) is 0 Å². The number of ether oxygens (including phenoxy) is 2. The average molecular weight is 831 g/mol. The molecular formula is C45H83O11P. The number of phosphoric acid groups is 1. The molecule has 0 saturated heterocycles. The first-order valence-corrected chi connectivity index (χ1v) is 24.6. The van der Waals surface area contributed by atoms with Crippen LogP contribution in [0.1, 0.15) is 213 Å². The van der Waals surface area contributed by atoms with Gasteiger partial charge >= 0.3 is 19.8 Å². The highest BCUT2D eigenvalue weighted by Crippen LogP contribution is 2.36. The van der Waals surface area contributed by atoms with Crippen LogP contribution in [0.2, 0.25) is 0 Å². The molecule has 11 nitrogen and oxygen atoms in total. The van der Waals surface area contributed by atoms with Crippen LogP contribution in [0.5, 0.6) is 0 Å². The lowest BCUT2D eigenvalue weighted by Gasteiger charge is -2.19. The number of hydrogen-bond donors (Lipinski definition) is 4. The minimum atomic E-state index is -4.81. The Bertz CT molecular complexity index is 1090. The molecular weight excluding hydrogens is 747 g/mol. The zero-order valence-corrected chi connectivity index (χ0v) is 36.9. The molecule has 0 aromatic carbocycles. The number of phosphoric ester groups is 1. The summed E-state index contributed by atoms with van der Waals surface area (Å²) < 4.78 is 26.5. The Kier molecular flexibility index (Phi) is 32.9. The van der Waals surface area contributed by atoms with Gasteiger partial charge in [-0.3, -0.25) is 18.9 Å². The highest BCUT2D eigenvalue weighted by atomic mass is 31.2. The average Bonchev–Trinajstić information content (AvgIpc) is 3.44. The maximum absolute atomic E-state index is 12.5. The summed E-state index contributed by atoms with van der Waals surface area (Å²) >= 11 is 0. The second kappa shape index (κ2) is 35.2. The van der Waals surface area contributed by atoms with E-state index in [-0.39, 0.29) is 43.5 Å². The van der Waals surface area contributed by atoms with Gasteiger partial charge in [-0.1, -0.05) is 180 Å². The fourth-order valence-corrected chi connectivity index (χ4v) is 8.05. The van der Waals surface area contributed by atoms with E-state index in [9.17, 15) is 29.2 Å². The zero-order valence-electron chi connectivity index (χ0n) is 36.0. The highest BCUT2D eigenvalue weighted by Gasteiger charge is 2.39. The number of hydrogen-bond acceptors (Lipinski definition) is 9. The predicted octanol–water partition coefficient (Wildman–Crippen LogP) is 10.8. The molecule has 1 saturated carbocycles. The van der Waals surface area contributed by atoms with Crippen LogP contribution in [0.15, 0.2) is 12.2 Å². The van der Waals surface area contributed by atoms with Gasteiger partial charge in [0.1, 0.15) is 12.4 Å². The van der Waals surface area contributed by atoms with Crippen molar-refractivity contribution in [2.45, 2.75) is 231 Å². The fourth-order valence-electron chi connectivity index (χ4n) is 7.69. The number of Topliss-reactive ketones (excluding diaryl/α,β-unsaturated/α-hetero) is 1. The van der Waals surface area contributed by atoms with E-state index in [0.717, 1.165) is 57.8 Å². The van der Waals surface area contributed by atoms with Crippen LogP contribution in [-0.2, 0) is 32.9 Å². The van der Waals surface area contributed by atoms with Gasteiger partial charge in [0.2, 0.25) is 0 Å². The number of ketones is 1. The number of allylic oxidation sites excluding steroid dienone is 1. The maximum Gasteiger partial charge on any atom is 0.469 e. The van der Waals surface area contributed by atoms with Crippen LogP contribution in [0, 0.1) is 11.8 Å². The molecule has 0 heterocycles. The van der Waals surface area contributed by atoms with Crippen LogP contribution in [0.4, 0.5) is 0 Å². The number of esters is 2. The summed E-state index contributed by atoms with van der Waals surface area (Å²) in [4.78, 5) is 55.7. The van der Waals surface area contributed by atoms with Gasteiger partial charge < -0.3 is 29.5 Å². The van der Waals surface area contributed by atoms with Gasteiger partial charge in [-0.2, -0.15) is 0 Å². The Morgan fingerprint density at radius 1 is 0.684 bits per heavy atom. The molecule has 0 aromatic rings. The molecule has 12 heteroatoms. The van der Waals surface area contributed by atoms with Crippen molar-refractivity contribution in [3.63, 3.8) is 0 Å². The third-order valence-corrected chi connectivity index (χ3v) is 11.7. The van der Waals surface area contributed by atoms with Gasteiger partial charge in [-0.05, 0) is 31.6 Å². The number of unbranched alkanes of at least 4 members (excludes halogenated alkanes) is 23. The first-order valence-electron chi connectivity index (χ1n) is 23.1. The van der Waals surface area contributed by atoms with Gasteiger partial charge in [-0.25, -0.2) is 4.57 Å². The summed E-state index contributed by atoms with van der Waals surface area (Å²) in [5, 5.41) is 20.7. The molecule has 334 valence electrons. The topological polar surface area (TPSA) is 177 Å². The standard InChI is InChI=1S/C45H83O11P/c1-3-5-7-8-9-10-11-12-13-14-15-16-17-18-19-20-21-22-28-32-45(50)56-39(37-55-57(51,52)53)36-54-44(49)31-27-24-23-26-30-40-41(43(48)35-42(40)47)34-33-38(46)29-25-6-4-2/h33-34,38-42,46-47H,3-32,35-37H2,1-2H3,(H2,51,52,53)/b34-33+/t38-,39+,40+,41+,42-/m0/s1. The van der Waals surface area contributed by atoms with Gasteiger partial charge in [0.05, 0.1) is 18.8 Å². The van der Waals surface area contributed by atoms with Crippen LogP contribution < -0.4 is 0 Å². The van der Waals surface area contributed by atoms with Gasteiger partial charge in [0.25, 0.3) is 0 Å². The molecule has 0 amide bonds. The third kappa shape index (κ3) is 31.0. The van der Waals surface area contributed by atoms with E-state index >= 15 is 0 Å². The molecule has 1 aliphatic carbocycles. The van der Waals surface area contributed by atoms with E-state index in [1.165, 1.54) is 96.3 Å². The Hall–Kier alpha value is -1.62. The van der Waals surface area contributed by atoms with Crippen molar-refractivity contribution in [3.05, 3.63) is 12.2 Å². The Morgan fingerprint density at radius 3 is 1.65 bits per heavy atom. The van der Waals surface area contributed by atoms with E-state index in [0.29, 0.717) is 25.7 Å². The Labute approximate surface area is 346 Å². The second-order valence-corrected chi connectivity index (χ2v) is 17.8. The highest BCUT2D eigenvalue weighted by molar-refractivity contribution is 7.46. The molecule has 5 atom stereocenters. The van der Waals surface area contributed by atoms with E-state index < -0.39 is 44.7 Å². The second-order valence-electron chi connectivity index (χ2n) is 16.5. The summed E-state index contributed by atoms with van der Waals surface area (Å²) in [7, 11) is -4.81. The smallest absolute Gasteiger partial charge is 0.462 e. The predicted molar refractivity (Wildman–Crippen MR) is 226 cm³/mol. The molecule has 0 aliphatic heterocycles. The first kappa shape index (κ1) is 53.4. The summed E-state index contributed by atoms with van der Waals surface area (Å²) in [5.41, 5.74) is 0. The van der Waals surface area contributed by atoms with E-state index in [1.807, 2.05) is 0 Å². The summed E-state index contributed by atoms with van der Waals surface area (Å²) in [6.45, 7) is 3.42. The lowest BCUT2D eigenvalue weighted by Crippen LogP contribution is -2.29. The summed E-state index contributed by atoms with van der Waals surface area (Å²) in [6, 6.07) is 0. The minimum Gasteiger partial charge on any atom is -0.462 e. The summed E-state index contributed by atoms with van der Waals surface area (Å²) in [5.74, 6) is -1.60. The lowest BCUT2D eigenvalue weighted by atomic mass is 9.88. The monoisotopic (exact) mass is 831 g/mol. The van der Waals surface area contributed by atoms with Crippen molar-refractivity contribution in [1.82, 2.24) is 0 Å². The van der Waals surface area contributed by atoms with Crippen LogP contribution >= 0.6 is 7.82 Å². The number of aliphatic hydroxyl groups is 2. The SMILES string of the molecule is CCCCCCCCCCCCCCCCCCCCCC(=O)O[C@H](COC(=O)CCCCCC[C@H]1[C@@H](O)CC(=O)[C@@H]1/C=C/[C@@H](O)CCCCC)COP(=O)(O)O. The Morgan fingerprint density at radius 2 is 1.14 bits per heavy atom. The van der Waals surface area contributed by atoms with Crippen molar-refractivity contribution in [1.29, 1.82) is 0 Å². The number of aliphatic hydroxyl groups excluding tert-OH is 2. The first-order chi connectivity index (χ1) is 27.5.